The molecule has 0 radical (unpaired) electrons. The van der Waals surface area contributed by atoms with Crippen molar-refractivity contribution < 1.29 is 42.1 Å². The van der Waals surface area contributed by atoms with Gasteiger partial charge in [0.1, 0.15) is 0 Å². The van der Waals surface area contributed by atoms with E-state index in [9.17, 15) is 27.6 Å². The number of hydrogen-bond donors (Lipinski definition) is 1. The van der Waals surface area contributed by atoms with Gasteiger partial charge in [0, 0.05) is 0 Å². The molecule has 0 spiro atoms. The van der Waals surface area contributed by atoms with E-state index >= 15 is 0 Å². The predicted molar refractivity (Wildman–Crippen MR) is 109 cm³/mol. The summed E-state index contributed by atoms with van der Waals surface area (Å²) < 4.78 is 47.8. The largest absolute Gasteiger partial charge is 0.478 e. The second-order valence-electron chi connectivity index (χ2n) is 6.72. The van der Waals surface area contributed by atoms with E-state index in [1.165, 1.54) is 12.1 Å². The van der Waals surface area contributed by atoms with Gasteiger partial charge in [-0.15, -0.1) is 0 Å². The number of fused-ring (bicyclic) bond motifs is 2. The first-order valence-corrected chi connectivity index (χ1v) is 10.5. The first kappa shape index (κ1) is 22.3. The number of hydrogen-bond acceptors (Lipinski definition) is 5. The normalized spacial score (nSPS) is 25.1. The highest BCUT2D eigenvalue weighted by Gasteiger charge is 2.53. The summed E-state index contributed by atoms with van der Waals surface area (Å²) in [5.41, 5.74) is 0.0232. The third kappa shape index (κ3) is 4.86. The molecule has 3 rings (SSSR count). The molecule has 4 unspecified atom stereocenters. The van der Waals surface area contributed by atoms with Gasteiger partial charge < -0.3 is 14.6 Å². The van der Waals surface area contributed by atoms with Crippen LogP contribution in [0.4, 0.5) is 13.2 Å². The van der Waals surface area contributed by atoms with Crippen molar-refractivity contribution in [3.8, 4) is 5.75 Å². The van der Waals surface area contributed by atoms with Gasteiger partial charge in [0.2, 0.25) is 0 Å². The van der Waals surface area contributed by atoms with Crippen LogP contribution >= 0.6 is 45.2 Å². The zero-order chi connectivity index (χ0) is 21.5. The Balaban J connectivity index is 1.80. The summed E-state index contributed by atoms with van der Waals surface area (Å²) in [6, 6.07) is 2.67. The van der Waals surface area contributed by atoms with Crippen LogP contribution in [0.2, 0.25) is 0 Å². The Morgan fingerprint density at radius 2 is 1.55 bits per heavy atom. The number of carbonyl (C=O) groups is 3. The van der Waals surface area contributed by atoms with Gasteiger partial charge in [-0.25, -0.2) is 4.79 Å². The lowest BCUT2D eigenvalue weighted by Crippen LogP contribution is -2.37. The lowest BCUT2D eigenvalue weighted by molar-refractivity contribution is -0.191. The van der Waals surface area contributed by atoms with Crippen molar-refractivity contribution in [2.75, 3.05) is 6.61 Å². The summed E-state index contributed by atoms with van der Waals surface area (Å²) in [6.07, 6.45) is -0.731. The number of esters is 2. The van der Waals surface area contributed by atoms with Crippen LogP contribution in [0.5, 0.6) is 5.75 Å². The number of carbonyl (C=O) groups excluding carboxylic acids is 2. The molecule has 2 bridgehead atoms. The molecule has 0 saturated heterocycles. The Hall–Kier alpha value is -1.38. The molecule has 1 fully saturated rings. The van der Waals surface area contributed by atoms with Crippen molar-refractivity contribution in [1.29, 1.82) is 0 Å². The van der Waals surface area contributed by atoms with E-state index in [-0.39, 0.29) is 23.1 Å². The number of carboxylic acids is 1. The molecule has 1 N–H and O–H groups in total. The standard InChI is InChI=1S/C18H13F3I2O6/c19-18(20,21)6-28-16(26)12-7-1-2-8(3-7)13(12)17(27)29-14-10(22)4-9(15(24)25)5-11(14)23/h1-2,4-5,7-8,12-13H,3,6H2,(H,24,25). The number of ether oxygens (including phenoxy) is 2. The topological polar surface area (TPSA) is 89.9 Å². The number of halogens is 5. The fraction of sp³-hybridized carbons (Fsp3) is 0.389. The van der Waals surface area contributed by atoms with E-state index in [0.717, 1.165) is 0 Å². The Morgan fingerprint density at radius 1 is 1.03 bits per heavy atom. The van der Waals surface area contributed by atoms with E-state index in [0.29, 0.717) is 13.6 Å². The van der Waals surface area contributed by atoms with Gasteiger partial charge >= 0.3 is 24.1 Å². The minimum Gasteiger partial charge on any atom is -0.478 e. The van der Waals surface area contributed by atoms with Crippen LogP contribution in [0.1, 0.15) is 16.8 Å². The minimum atomic E-state index is -4.66. The second-order valence-corrected chi connectivity index (χ2v) is 9.04. The lowest BCUT2D eigenvalue weighted by atomic mass is 9.83. The predicted octanol–water partition coefficient (Wildman–Crippen LogP) is 4.04. The van der Waals surface area contributed by atoms with Crippen molar-refractivity contribution in [2.24, 2.45) is 23.7 Å². The highest BCUT2D eigenvalue weighted by atomic mass is 127. The molecule has 29 heavy (non-hydrogen) atoms. The molecule has 1 aromatic rings. The van der Waals surface area contributed by atoms with Crippen molar-refractivity contribution in [1.82, 2.24) is 0 Å². The molecule has 0 amide bonds. The minimum absolute atomic E-state index is 0.0232. The van der Waals surface area contributed by atoms with Crippen LogP contribution < -0.4 is 4.74 Å². The molecule has 0 heterocycles. The molecular formula is C18H13F3I2O6. The highest BCUT2D eigenvalue weighted by molar-refractivity contribution is 14.1. The quantitative estimate of drug-likeness (QED) is 0.227. The van der Waals surface area contributed by atoms with Crippen LogP contribution in [-0.4, -0.2) is 35.8 Å². The smallest absolute Gasteiger partial charge is 0.422 e. The second kappa shape index (κ2) is 8.40. The Morgan fingerprint density at radius 3 is 2.03 bits per heavy atom. The first-order chi connectivity index (χ1) is 13.5. The van der Waals surface area contributed by atoms with Crippen molar-refractivity contribution >= 4 is 63.1 Å². The molecule has 2 aliphatic carbocycles. The van der Waals surface area contributed by atoms with Gasteiger partial charge in [-0.3, -0.25) is 9.59 Å². The maximum Gasteiger partial charge on any atom is 0.422 e. The van der Waals surface area contributed by atoms with Crippen molar-refractivity contribution in [3.63, 3.8) is 0 Å². The fourth-order valence-corrected chi connectivity index (χ4v) is 5.65. The number of allylic oxidation sites excluding steroid dienone is 2. The Labute approximate surface area is 190 Å². The summed E-state index contributed by atoms with van der Waals surface area (Å²) in [5, 5.41) is 9.10. The van der Waals surface area contributed by atoms with E-state index < -0.39 is 42.5 Å². The van der Waals surface area contributed by atoms with Gasteiger partial charge in [-0.05, 0) is 75.6 Å². The summed E-state index contributed by atoms with van der Waals surface area (Å²) in [4.78, 5) is 36.2. The Kier molecular flexibility index (Phi) is 6.46. The third-order valence-corrected chi connectivity index (χ3v) is 6.43. The molecule has 6 nitrogen and oxygen atoms in total. The van der Waals surface area contributed by atoms with Gasteiger partial charge in [0.05, 0.1) is 24.5 Å². The van der Waals surface area contributed by atoms with E-state index in [2.05, 4.69) is 4.74 Å². The monoisotopic (exact) mass is 636 g/mol. The van der Waals surface area contributed by atoms with Gasteiger partial charge in [-0.1, -0.05) is 12.2 Å². The SMILES string of the molecule is O=C(O)c1cc(I)c(OC(=O)C2C3C=CC(C3)C2C(=O)OCC(F)(F)F)c(I)c1. The third-order valence-electron chi connectivity index (χ3n) is 4.83. The molecule has 0 aromatic heterocycles. The maximum atomic E-state index is 12.8. The average Bonchev–Trinajstić information content (AvgIpc) is 3.23. The number of carboxylic acid groups (broad SMARTS) is 1. The Bertz CT molecular complexity index is 875. The molecule has 1 saturated carbocycles. The molecule has 1 aromatic carbocycles. The highest BCUT2D eigenvalue weighted by Crippen LogP contribution is 2.49. The van der Waals surface area contributed by atoms with E-state index in [1.807, 2.05) is 45.2 Å². The van der Waals surface area contributed by atoms with Gasteiger partial charge in [-0.2, -0.15) is 13.2 Å². The summed E-state index contributed by atoms with van der Waals surface area (Å²) in [7, 11) is 0. The summed E-state index contributed by atoms with van der Waals surface area (Å²) in [6.45, 7) is -1.71. The van der Waals surface area contributed by atoms with Gasteiger partial charge in [0.25, 0.3) is 0 Å². The van der Waals surface area contributed by atoms with Crippen LogP contribution in [-0.2, 0) is 14.3 Å². The average molecular weight is 636 g/mol. The van der Waals surface area contributed by atoms with Gasteiger partial charge in [0.15, 0.2) is 12.4 Å². The zero-order valence-electron chi connectivity index (χ0n) is 14.4. The van der Waals surface area contributed by atoms with E-state index in [4.69, 9.17) is 9.84 Å². The number of benzene rings is 1. The molecule has 4 atom stereocenters. The van der Waals surface area contributed by atoms with Crippen LogP contribution in [0.3, 0.4) is 0 Å². The number of aromatic carboxylic acids is 1. The summed E-state index contributed by atoms with van der Waals surface area (Å²) in [5.74, 6) is -5.54. The molecule has 156 valence electrons. The molecule has 0 aliphatic heterocycles. The maximum absolute atomic E-state index is 12.8. The molecule has 2 aliphatic rings. The zero-order valence-corrected chi connectivity index (χ0v) is 18.7. The summed E-state index contributed by atoms with van der Waals surface area (Å²) >= 11 is 3.66. The number of alkyl halides is 3. The van der Waals surface area contributed by atoms with Crippen molar-refractivity contribution in [2.45, 2.75) is 12.6 Å². The van der Waals surface area contributed by atoms with Crippen molar-refractivity contribution in [3.05, 3.63) is 37.0 Å². The number of rotatable bonds is 5. The first-order valence-electron chi connectivity index (χ1n) is 8.33. The van der Waals surface area contributed by atoms with Crippen LogP contribution in [0.25, 0.3) is 0 Å². The van der Waals surface area contributed by atoms with Crippen LogP contribution in [0.15, 0.2) is 24.3 Å². The lowest BCUT2D eigenvalue weighted by Gasteiger charge is -2.25. The van der Waals surface area contributed by atoms with E-state index in [1.54, 1.807) is 12.2 Å². The fourth-order valence-electron chi connectivity index (χ4n) is 3.66. The molecular weight excluding hydrogens is 623 g/mol. The van der Waals surface area contributed by atoms with Crippen LogP contribution in [0, 0.1) is 30.8 Å². The molecule has 11 heteroatoms.